The summed E-state index contributed by atoms with van der Waals surface area (Å²) in [5.74, 6) is -0.291. The molecule has 0 radical (unpaired) electrons. The van der Waals surface area contributed by atoms with Crippen molar-refractivity contribution in [3.05, 3.63) is 35.4 Å². The van der Waals surface area contributed by atoms with Crippen molar-refractivity contribution in [2.75, 3.05) is 26.9 Å². The third-order valence-electron chi connectivity index (χ3n) is 3.89. The summed E-state index contributed by atoms with van der Waals surface area (Å²) in [7, 11) is 1.64. The van der Waals surface area contributed by atoms with Crippen molar-refractivity contribution < 1.29 is 19.1 Å². The van der Waals surface area contributed by atoms with Gasteiger partial charge in [0.1, 0.15) is 0 Å². The molecule has 1 fully saturated rings. The van der Waals surface area contributed by atoms with Crippen LogP contribution in [0.15, 0.2) is 24.3 Å². The normalized spacial score (nSPS) is 20.8. The minimum atomic E-state index is -0.173. The maximum atomic E-state index is 12.0. The summed E-state index contributed by atoms with van der Waals surface area (Å²) in [6.07, 6.45) is 0.978. The third-order valence-corrected chi connectivity index (χ3v) is 3.89. The Morgan fingerprint density at radius 2 is 2.04 bits per heavy atom. The molecule has 0 unspecified atom stereocenters. The van der Waals surface area contributed by atoms with E-state index in [4.69, 9.17) is 9.47 Å². The molecular weight excluding hydrogens is 296 g/mol. The van der Waals surface area contributed by atoms with Crippen LogP contribution in [0.5, 0.6) is 0 Å². The van der Waals surface area contributed by atoms with E-state index in [2.05, 4.69) is 10.6 Å². The fourth-order valence-corrected chi connectivity index (χ4v) is 2.51. The highest BCUT2D eigenvalue weighted by Crippen LogP contribution is 2.11. The van der Waals surface area contributed by atoms with Crippen molar-refractivity contribution in [1.82, 2.24) is 10.6 Å². The summed E-state index contributed by atoms with van der Waals surface area (Å²) in [5, 5.41) is 5.65. The van der Waals surface area contributed by atoms with Gasteiger partial charge >= 0.3 is 0 Å². The van der Waals surface area contributed by atoms with Gasteiger partial charge in [-0.15, -0.1) is 0 Å². The van der Waals surface area contributed by atoms with Crippen molar-refractivity contribution in [2.45, 2.75) is 31.9 Å². The first-order valence-electron chi connectivity index (χ1n) is 7.85. The van der Waals surface area contributed by atoms with Gasteiger partial charge in [0.15, 0.2) is 0 Å². The third kappa shape index (κ3) is 5.33. The zero-order valence-corrected chi connectivity index (χ0v) is 13.6. The SMILES string of the molecule is CO[C@@H]1CCOC[C@H]1NC(=O)CCNC(=O)c1ccc(C)cc1. The molecular formula is C17H24N2O4. The number of aryl methyl sites for hydroxylation is 1. The molecule has 2 atom stereocenters. The molecule has 1 aliphatic heterocycles. The molecule has 23 heavy (non-hydrogen) atoms. The van der Waals surface area contributed by atoms with E-state index < -0.39 is 0 Å². The number of hydrogen-bond donors (Lipinski definition) is 2. The molecule has 0 bridgehead atoms. The minimum Gasteiger partial charge on any atom is -0.379 e. The Kier molecular flexibility index (Phi) is 6.55. The molecule has 1 aromatic carbocycles. The second-order valence-corrected chi connectivity index (χ2v) is 5.68. The summed E-state index contributed by atoms with van der Waals surface area (Å²) in [6.45, 7) is 3.37. The maximum Gasteiger partial charge on any atom is 0.251 e. The van der Waals surface area contributed by atoms with Gasteiger partial charge in [-0.2, -0.15) is 0 Å². The van der Waals surface area contributed by atoms with Crippen molar-refractivity contribution in [2.24, 2.45) is 0 Å². The first kappa shape index (κ1) is 17.4. The van der Waals surface area contributed by atoms with E-state index in [1.54, 1.807) is 19.2 Å². The van der Waals surface area contributed by atoms with Crippen LogP contribution < -0.4 is 10.6 Å². The quantitative estimate of drug-likeness (QED) is 0.821. The Hall–Kier alpha value is -1.92. The monoisotopic (exact) mass is 320 g/mol. The average molecular weight is 320 g/mol. The van der Waals surface area contributed by atoms with Crippen molar-refractivity contribution >= 4 is 11.8 Å². The smallest absolute Gasteiger partial charge is 0.251 e. The number of carbonyl (C=O) groups excluding carboxylic acids is 2. The predicted molar refractivity (Wildman–Crippen MR) is 86.3 cm³/mol. The summed E-state index contributed by atoms with van der Waals surface area (Å²) in [5.41, 5.74) is 1.69. The summed E-state index contributed by atoms with van der Waals surface area (Å²) < 4.78 is 10.7. The second kappa shape index (κ2) is 8.64. The number of rotatable bonds is 6. The first-order valence-corrected chi connectivity index (χ1v) is 7.85. The van der Waals surface area contributed by atoms with Crippen LogP contribution in [0.25, 0.3) is 0 Å². The zero-order valence-electron chi connectivity index (χ0n) is 13.6. The summed E-state index contributed by atoms with van der Waals surface area (Å²) in [6, 6.07) is 7.18. The van der Waals surface area contributed by atoms with Gasteiger partial charge in [0, 0.05) is 32.2 Å². The summed E-state index contributed by atoms with van der Waals surface area (Å²) >= 11 is 0. The number of methoxy groups -OCH3 is 1. The van der Waals surface area contributed by atoms with Crippen LogP contribution >= 0.6 is 0 Å². The van der Waals surface area contributed by atoms with Crippen molar-refractivity contribution in [3.8, 4) is 0 Å². The van der Waals surface area contributed by atoms with Gasteiger partial charge in [-0.25, -0.2) is 0 Å². The van der Waals surface area contributed by atoms with Crippen molar-refractivity contribution in [1.29, 1.82) is 0 Å². The number of hydrogen-bond acceptors (Lipinski definition) is 4. The van der Waals surface area contributed by atoms with Crippen LogP contribution in [0.2, 0.25) is 0 Å². The highest BCUT2D eigenvalue weighted by molar-refractivity contribution is 5.94. The molecule has 1 aromatic rings. The number of carbonyl (C=O) groups is 2. The fourth-order valence-electron chi connectivity index (χ4n) is 2.51. The molecule has 2 amide bonds. The Morgan fingerprint density at radius 3 is 2.74 bits per heavy atom. The molecule has 0 spiro atoms. The molecule has 126 valence electrons. The van der Waals surface area contributed by atoms with Gasteiger partial charge in [0.2, 0.25) is 5.91 Å². The van der Waals surface area contributed by atoms with E-state index in [-0.39, 0.29) is 30.4 Å². The highest BCUT2D eigenvalue weighted by atomic mass is 16.5. The first-order chi connectivity index (χ1) is 11.1. The van der Waals surface area contributed by atoms with Gasteiger partial charge in [-0.3, -0.25) is 9.59 Å². The van der Waals surface area contributed by atoms with Crippen LogP contribution in [-0.4, -0.2) is 50.8 Å². The lowest BCUT2D eigenvalue weighted by atomic mass is 10.1. The average Bonchev–Trinajstić information content (AvgIpc) is 2.56. The van der Waals surface area contributed by atoms with Crippen LogP contribution in [0.3, 0.4) is 0 Å². The molecule has 1 aliphatic rings. The van der Waals surface area contributed by atoms with Gasteiger partial charge in [-0.1, -0.05) is 17.7 Å². The highest BCUT2D eigenvalue weighted by Gasteiger charge is 2.26. The molecule has 1 saturated heterocycles. The van der Waals surface area contributed by atoms with E-state index in [9.17, 15) is 9.59 Å². The Balaban J connectivity index is 1.72. The number of amides is 2. The van der Waals surface area contributed by atoms with Gasteiger partial charge < -0.3 is 20.1 Å². The van der Waals surface area contributed by atoms with Crippen molar-refractivity contribution in [3.63, 3.8) is 0 Å². The lowest BCUT2D eigenvalue weighted by Crippen LogP contribution is -2.50. The Labute approximate surface area is 136 Å². The van der Waals surface area contributed by atoms with Gasteiger partial charge in [0.25, 0.3) is 5.91 Å². The van der Waals surface area contributed by atoms with E-state index in [1.165, 1.54) is 0 Å². The second-order valence-electron chi connectivity index (χ2n) is 5.68. The zero-order chi connectivity index (χ0) is 16.7. The molecule has 0 aromatic heterocycles. The molecule has 6 heteroatoms. The van der Waals surface area contributed by atoms with E-state index in [0.717, 1.165) is 12.0 Å². The number of benzene rings is 1. The Bertz CT molecular complexity index is 530. The van der Waals surface area contributed by atoms with Crippen LogP contribution in [0.1, 0.15) is 28.8 Å². The molecule has 1 heterocycles. The fraction of sp³-hybridized carbons (Fsp3) is 0.529. The van der Waals surface area contributed by atoms with Crippen LogP contribution in [-0.2, 0) is 14.3 Å². The van der Waals surface area contributed by atoms with E-state index in [0.29, 0.717) is 25.3 Å². The molecule has 0 saturated carbocycles. The summed E-state index contributed by atoms with van der Waals surface area (Å²) in [4.78, 5) is 23.9. The maximum absolute atomic E-state index is 12.0. The molecule has 6 nitrogen and oxygen atoms in total. The molecule has 2 rings (SSSR count). The molecule has 0 aliphatic carbocycles. The lowest BCUT2D eigenvalue weighted by Gasteiger charge is -2.31. The van der Waals surface area contributed by atoms with Crippen LogP contribution in [0, 0.1) is 6.92 Å². The van der Waals surface area contributed by atoms with Crippen LogP contribution in [0.4, 0.5) is 0 Å². The molecule has 2 N–H and O–H groups in total. The minimum absolute atomic E-state index is 0.0187. The lowest BCUT2D eigenvalue weighted by molar-refractivity contribution is -0.125. The number of nitrogens with one attached hydrogen (secondary N) is 2. The van der Waals surface area contributed by atoms with E-state index >= 15 is 0 Å². The van der Waals surface area contributed by atoms with E-state index in [1.807, 2.05) is 19.1 Å². The Morgan fingerprint density at radius 1 is 1.30 bits per heavy atom. The van der Waals surface area contributed by atoms with Gasteiger partial charge in [-0.05, 0) is 25.5 Å². The van der Waals surface area contributed by atoms with Gasteiger partial charge in [0.05, 0.1) is 18.8 Å². The standard InChI is InChI=1S/C17H24N2O4/c1-12-3-5-13(6-4-12)17(21)18-9-7-16(20)19-14-11-23-10-8-15(14)22-2/h3-6,14-15H,7-11H2,1-2H3,(H,18,21)(H,19,20)/t14-,15-/m1/s1. The largest absolute Gasteiger partial charge is 0.379 e. The topological polar surface area (TPSA) is 76.7 Å². The predicted octanol–water partition coefficient (Wildman–Crippen LogP) is 1.04. The number of ether oxygens (including phenoxy) is 2.